The third-order valence-corrected chi connectivity index (χ3v) is 0.567. The summed E-state index contributed by atoms with van der Waals surface area (Å²) < 4.78 is 49.5. The average Bonchev–Trinajstić information content (AvgIpc) is 1.31. The van der Waals surface area contributed by atoms with E-state index in [-0.39, 0.29) is 58.2 Å². The van der Waals surface area contributed by atoms with E-state index in [1.165, 1.54) is 0 Å². The fraction of sp³-hybridized carbons (Fsp3) is 1.00. The van der Waals surface area contributed by atoms with Gasteiger partial charge in [-0.1, -0.05) is 0 Å². The summed E-state index contributed by atoms with van der Waals surface area (Å²) in [7, 11) is 0. The molecular formula is CF3O2RbS. The first-order valence-electron chi connectivity index (χ1n) is 1.10. The maximum Gasteiger partial charge on any atom is 1.00 e. The Morgan fingerprint density at radius 3 is 1.50 bits per heavy atom. The summed E-state index contributed by atoms with van der Waals surface area (Å²) in [5.41, 5.74) is -5.08. The van der Waals surface area contributed by atoms with Crippen LogP contribution in [0.5, 0.6) is 0 Å². The predicted octanol–water partition coefficient (Wildman–Crippen LogP) is -2.61. The number of rotatable bonds is 0. The van der Waals surface area contributed by atoms with E-state index >= 15 is 0 Å². The van der Waals surface area contributed by atoms with Crippen molar-refractivity contribution in [1.29, 1.82) is 0 Å². The molecule has 2 nitrogen and oxygen atoms in total. The topological polar surface area (TPSA) is 40.1 Å². The van der Waals surface area contributed by atoms with Crippen LogP contribution in [0, 0.1) is 0 Å². The Kier molecular flexibility index (Phi) is 6.98. The van der Waals surface area contributed by atoms with Crippen LogP contribution in [0.15, 0.2) is 0 Å². The molecule has 0 amide bonds. The van der Waals surface area contributed by atoms with Crippen molar-refractivity contribution in [2.75, 3.05) is 0 Å². The van der Waals surface area contributed by atoms with E-state index in [4.69, 9.17) is 8.76 Å². The minimum atomic E-state index is -5.08. The number of halogens is 3. The largest absolute Gasteiger partial charge is 1.00 e. The maximum absolute atomic E-state index is 10.6. The molecule has 0 bridgehead atoms. The number of hydrogen-bond donors (Lipinski definition) is 0. The second-order valence-electron chi connectivity index (χ2n) is 0.680. The van der Waals surface area contributed by atoms with Gasteiger partial charge in [0.05, 0.1) is 11.1 Å². The van der Waals surface area contributed by atoms with E-state index in [1.54, 1.807) is 0 Å². The molecule has 0 aliphatic heterocycles. The third kappa shape index (κ3) is 5.83. The van der Waals surface area contributed by atoms with Crippen molar-refractivity contribution in [2.45, 2.75) is 5.51 Å². The fourth-order valence-electron chi connectivity index (χ4n) is 0. The van der Waals surface area contributed by atoms with E-state index in [1.807, 2.05) is 0 Å². The van der Waals surface area contributed by atoms with Gasteiger partial charge in [-0.3, -0.25) is 4.21 Å². The summed E-state index contributed by atoms with van der Waals surface area (Å²) >= 11 is -3.93. The van der Waals surface area contributed by atoms with Gasteiger partial charge in [0.1, 0.15) is 0 Å². The average molecular weight is 219 g/mol. The van der Waals surface area contributed by atoms with Crippen LogP contribution in [0.1, 0.15) is 0 Å². The molecule has 0 aromatic rings. The third-order valence-electron chi connectivity index (χ3n) is 0.189. The smallest absolute Gasteiger partial charge is 0.766 e. The van der Waals surface area contributed by atoms with Gasteiger partial charge < -0.3 is 4.55 Å². The van der Waals surface area contributed by atoms with Crippen LogP contribution < -0.4 is 58.2 Å². The molecule has 0 saturated carbocycles. The molecule has 8 heavy (non-hydrogen) atoms. The predicted molar refractivity (Wildman–Crippen MR) is 15.0 cm³/mol. The van der Waals surface area contributed by atoms with Crippen LogP contribution >= 0.6 is 0 Å². The van der Waals surface area contributed by atoms with Crippen LogP contribution in [-0.2, 0) is 11.1 Å². The van der Waals surface area contributed by atoms with Gasteiger partial charge in [0.25, 0.3) is 0 Å². The van der Waals surface area contributed by atoms with Gasteiger partial charge in [-0.05, 0) is 0 Å². The molecule has 44 valence electrons. The summed E-state index contributed by atoms with van der Waals surface area (Å²) in [6.45, 7) is 0. The zero-order valence-corrected chi connectivity index (χ0v) is 9.59. The SMILES string of the molecule is O=S([O-])C(F)(F)F.[Rb+]. The number of hydrogen-bond acceptors (Lipinski definition) is 2. The first-order valence-corrected chi connectivity index (χ1v) is 2.18. The number of alkyl halides is 3. The molecule has 0 fully saturated rings. The van der Waals surface area contributed by atoms with Gasteiger partial charge in [0, 0.05) is 0 Å². The standard InChI is InChI=1S/CHF3O2S.Rb/c2-1(3,4)7(5)6;/h(H,5,6);/q;+1/p-1. The van der Waals surface area contributed by atoms with Gasteiger partial charge in [-0.15, -0.1) is 0 Å². The molecule has 0 aromatic heterocycles. The Hall–Kier alpha value is 1.71. The molecule has 0 heterocycles. The Morgan fingerprint density at radius 1 is 1.38 bits per heavy atom. The van der Waals surface area contributed by atoms with Crippen LogP contribution in [0.2, 0.25) is 0 Å². The van der Waals surface area contributed by atoms with E-state index in [9.17, 15) is 13.2 Å². The van der Waals surface area contributed by atoms with Gasteiger partial charge >= 0.3 is 63.7 Å². The molecule has 7 heteroatoms. The molecule has 0 saturated heterocycles. The molecule has 0 rings (SSSR count). The molecular weight excluding hydrogens is 219 g/mol. The Morgan fingerprint density at radius 2 is 1.50 bits per heavy atom. The van der Waals surface area contributed by atoms with Gasteiger partial charge in [-0.2, -0.15) is 13.2 Å². The summed E-state index contributed by atoms with van der Waals surface area (Å²) in [6.07, 6.45) is 0. The van der Waals surface area contributed by atoms with Crippen LogP contribution in [0.25, 0.3) is 0 Å². The van der Waals surface area contributed by atoms with E-state index < -0.39 is 16.6 Å². The van der Waals surface area contributed by atoms with Gasteiger partial charge in [-0.25, -0.2) is 0 Å². The van der Waals surface area contributed by atoms with Crippen LogP contribution in [-0.4, -0.2) is 14.3 Å². The monoisotopic (exact) mass is 218 g/mol. The molecule has 1 unspecified atom stereocenters. The zero-order valence-electron chi connectivity index (χ0n) is 3.86. The molecule has 0 aliphatic carbocycles. The summed E-state index contributed by atoms with van der Waals surface area (Å²) in [6, 6.07) is 0. The normalized spacial score (nSPS) is 14.5. The van der Waals surface area contributed by atoms with E-state index in [0.717, 1.165) is 0 Å². The van der Waals surface area contributed by atoms with E-state index in [2.05, 4.69) is 0 Å². The molecule has 0 radical (unpaired) electrons. The summed E-state index contributed by atoms with van der Waals surface area (Å²) in [5, 5.41) is 0. The Balaban J connectivity index is 0. The van der Waals surface area contributed by atoms with Crippen molar-refractivity contribution in [1.82, 2.24) is 0 Å². The molecule has 0 aliphatic rings. The maximum atomic E-state index is 10.6. The second-order valence-corrected chi connectivity index (χ2v) is 1.61. The second kappa shape index (κ2) is 4.51. The van der Waals surface area contributed by atoms with Crippen LogP contribution in [0.4, 0.5) is 13.2 Å². The van der Waals surface area contributed by atoms with Crippen molar-refractivity contribution in [3.63, 3.8) is 0 Å². The Bertz CT molecular complexity index is 89.8. The van der Waals surface area contributed by atoms with Gasteiger partial charge in [0.2, 0.25) is 0 Å². The minimum Gasteiger partial charge on any atom is -0.766 e. The molecule has 0 spiro atoms. The summed E-state index contributed by atoms with van der Waals surface area (Å²) in [5.74, 6) is 0. The van der Waals surface area contributed by atoms with Crippen LogP contribution in [0.3, 0.4) is 0 Å². The van der Waals surface area contributed by atoms with Crippen molar-refractivity contribution in [3.05, 3.63) is 0 Å². The Labute approximate surface area is 94.9 Å². The zero-order chi connectivity index (χ0) is 6.08. The van der Waals surface area contributed by atoms with E-state index in [0.29, 0.717) is 0 Å². The fourth-order valence-corrected chi connectivity index (χ4v) is 0. The molecule has 0 aromatic carbocycles. The first-order chi connectivity index (χ1) is 2.94. The quantitative estimate of drug-likeness (QED) is 0.418. The van der Waals surface area contributed by atoms with Crippen molar-refractivity contribution in [2.24, 2.45) is 0 Å². The molecule has 0 N–H and O–H groups in total. The minimum absolute atomic E-state index is 0. The molecule has 1 atom stereocenters. The van der Waals surface area contributed by atoms with Gasteiger partial charge in [0.15, 0.2) is 0 Å². The summed E-state index contributed by atoms with van der Waals surface area (Å²) in [4.78, 5) is 0. The first kappa shape index (κ1) is 12.4. The van der Waals surface area contributed by atoms with Crippen molar-refractivity contribution < 1.29 is 80.1 Å². The van der Waals surface area contributed by atoms with Crippen molar-refractivity contribution >= 4 is 11.1 Å². The van der Waals surface area contributed by atoms with Crippen molar-refractivity contribution in [3.8, 4) is 0 Å².